The van der Waals surface area contributed by atoms with Gasteiger partial charge in [-0.15, -0.1) is 0 Å². The molecule has 0 spiro atoms. The molecular formula is C21H20BrF3N2O. The van der Waals surface area contributed by atoms with Crippen LogP contribution in [0.15, 0.2) is 42.5 Å². The highest BCUT2D eigenvalue weighted by Gasteiger charge is 2.35. The van der Waals surface area contributed by atoms with Crippen molar-refractivity contribution in [3.8, 4) is 11.8 Å². The molecule has 148 valence electrons. The number of halogens is 4. The van der Waals surface area contributed by atoms with Gasteiger partial charge in [-0.2, -0.15) is 18.4 Å². The van der Waals surface area contributed by atoms with Crippen LogP contribution in [0.4, 0.5) is 18.9 Å². The molecule has 0 bridgehead atoms. The van der Waals surface area contributed by atoms with E-state index in [0.717, 1.165) is 35.6 Å². The molecule has 1 fully saturated rings. The molecule has 0 aromatic heterocycles. The van der Waals surface area contributed by atoms with Gasteiger partial charge in [0.2, 0.25) is 0 Å². The molecule has 28 heavy (non-hydrogen) atoms. The summed E-state index contributed by atoms with van der Waals surface area (Å²) in [5.41, 5.74) is 0.437. The van der Waals surface area contributed by atoms with Crippen molar-refractivity contribution in [1.29, 1.82) is 5.26 Å². The fraction of sp³-hybridized carbons (Fsp3) is 0.381. The van der Waals surface area contributed by atoms with Crippen molar-refractivity contribution in [3.05, 3.63) is 59.2 Å². The third-order valence-electron chi connectivity index (χ3n) is 4.88. The van der Waals surface area contributed by atoms with Crippen LogP contribution in [-0.2, 0) is 6.18 Å². The van der Waals surface area contributed by atoms with E-state index in [2.05, 4.69) is 15.9 Å². The van der Waals surface area contributed by atoms with Gasteiger partial charge >= 0.3 is 6.18 Å². The largest absolute Gasteiger partial charge is 0.494 e. The van der Waals surface area contributed by atoms with E-state index in [1.807, 2.05) is 29.2 Å². The van der Waals surface area contributed by atoms with Crippen LogP contribution in [0.3, 0.4) is 0 Å². The Kier molecular flexibility index (Phi) is 6.50. The molecule has 3 rings (SSSR count). The van der Waals surface area contributed by atoms with E-state index in [-0.39, 0.29) is 11.5 Å². The highest BCUT2D eigenvalue weighted by molar-refractivity contribution is 9.09. The third kappa shape index (κ3) is 4.79. The van der Waals surface area contributed by atoms with Crippen molar-refractivity contribution < 1.29 is 17.9 Å². The quantitative estimate of drug-likeness (QED) is 0.414. The zero-order chi connectivity index (χ0) is 20.1. The molecule has 0 saturated carbocycles. The SMILES string of the molecule is N#Cc1ccc(N2CCC(c3ccc(OCCCBr)cc3)C2)cc1C(F)(F)F. The first kappa shape index (κ1) is 20.5. The maximum atomic E-state index is 13.2. The maximum Gasteiger partial charge on any atom is 0.417 e. The Morgan fingerprint density at radius 3 is 2.57 bits per heavy atom. The molecule has 0 aliphatic carbocycles. The van der Waals surface area contributed by atoms with E-state index < -0.39 is 11.7 Å². The van der Waals surface area contributed by atoms with Crippen LogP contribution in [0.5, 0.6) is 5.75 Å². The Bertz CT molecular complexity index is 846. The van der Waals surface area contributed by atoms with Crippen molar-refractivity contribution in [1.82, 2.24) is 0 Å². The van der Waals surface area contributed by atoms with Crippen LogP contribution in [0.1, 0.15) is 35.4 Å². The van der Waals surface area contributed by atoms with Gasteiger partial charge in [-0.25, -0.2) is 0 Å². The fourth-order valence-corrected chi connectivity index (χ4v) is 3.64. The Morgan fingerprint density at radius 2 is 1.93 bits per heavy atom. The van der Waals surface area contributed by atoms with Crippen molar-refractivity contribution in [2.45, 2.75) is 24.9 Å². The molecule has 1 aliphatic rings. The lowest BCUT2D eigenvalue weighted by molar-refractivity contribution is -0.137. The minimum atomic E-state index is -4.54. The van der Waals surface area contributed by atoms with Crippen LogP contribution < -0.4 is 9.64 Å². The van der Waals surface area contributed by atoms with Crippen LogP contribution >= 0.6 is 15.9 Å². The maximum absolute atomic E-state index is 13.2. The van der Waals surface area contributed by atoms with Crippen molar-refractivity contribution in [3.63, 3.8) is 0 Å². The Balaban J connectivity index is 1.69. The first-order valence-electron chi connectivity index (χ1n) is 9.07. The highest BCUT2D eigenvalue weighted by atomic mass is 79.9. The average molecular weight is 453 g/mol. The number of benzene rings is 2. The van der Waals surface area contributed by atoms with Crippen LogP contribution in [0, 0.1) is 11.3 Å². The number of hydrogen-bond donors (Lipinski definition) is 0. The molecule has 1 saturated heterocycles. The number of anilines is 1. The monoisotopic (exact) mass is 452 g/mol. The topological polar surface area (TPSA) is 36.3 Å². The molecule has 0 radical (unpaired) electrons. The fourth-order valence-electron chi connectivity index (χ4n) is 3.41. The summed E-state index contributed by atoms with van der Waals surface area (Å²) >= 11 is 3.36. The molecule has 3 nitrogen and oxygen atoms in total. The minimum Gasteiger partial charge on any atom is -0.494 e. The summed E-state index contributed by atoms with van der Waals surface area (Å²) in [4.78, 5) is 1.95. The summed E-state index contributed by atoms with van der Waals surface area (Å²) in [6.45, 7) is 1.98. The normalized spacial score (nSPS) is 16.8. The van der Waals surface area contributed by atoms with Gasteiger partial charge in [0.05, 0.1) is 23.8 Å². The smallest absolute Gasteiger partial charge is 0.417 e. The van der Waals surface area contributed by atoms with E-state index >= 15 is 0 Å². The second-order valence-electron chi connectivity index (χ2n) is 6.73. The molecule has 1 aliphatic heterocycles. The van der Waals surface area contributed by atoms with E-state index in [9.17, 15) is 13.2 Å². The lowest BCUT2D eigenvalue weighted by Crippen LogP contribution is -2.20. The molecule has 1 heterocycles. The van der Waals surface area contributed by atoms with Crippen LogP contribution in [0.2, 0.25) is 0 Å². The summed E-state index contributed by atoms with van der Waals surface area (Å²) in [5, 5.41) is 9.84. The molecule has 0 amide bonds. The highest BCUT2D eigenvalue weighted by Crippen LogP contribution is 2.37. The zero-order valence-electron chi connectivity index (χ0n) is 15.2. The lowest BCUT2D eigenvalue weighted by atomic mass is 9.98. The predicted octanol–water partition coefficient (Wildman–Crippen LogP) is 5.73. The number of rotatable bonds is 6. The lowest BCUT2D eigenvalue weighted by Gasteiger charge is -2.21. The average Bonchev–Trinajstić information content (AvgIpc) is 3.18. The minimum absolute atomic E-state index is 0.251. The number of alkyl halides is 4. The van der Waals surface area contributed by atoms with Gasteiger partial charge in [0, 0.05) is 30.0 Å². The standard InChI is InChI=1S/C21H20BrF3N2O/c22-9-1-11-28-19-6-3-15(4-7-19)17-8-10-27(14-17)18-5-2-16(13-26)20(12-18)21(23,24)25/h2-7,12,17H,1,8-11,14H2. The number of ether oxygens (including phenoxy) is 1. The molecule has 1 unspecified atom stereocenters. The zero-order valence-corrected chi connectivity index (χ0v) is 16.8. The third-order valence-corrected chi connectivity index (χ3v) is 5.44. The van der Waals surface area contributed by atoms with E-state index in [1.165, 1.54) is 6.07 Å². The summed E-state index contributed by atoms with van der Waals surface area (Å²) in [7, 11) is 0. The van der Waals surface area contributed by atoms with Crippen molar-refractivity contribution in [2.24, 2.45) is 0 Å². The molecule has 7 heteroatoms. The molecular weight excluding hydrogens is 433 g/mol. The van der Waals surface area contributed by atoms with Crippen LogP contribution in [0.25, 0.3) is 0 Å². The van der Waals surface area contributed by atoms with Crippen LogP contribution in [-0.4, -0.2) is 25.0 Å². The summed E-state index contributed by atoms with van der Waals surface area (Å²) in [6.07, 6.45) is -2.74. The van der Waals surface area contributed by atoms with Gasteiger partial charge in [-0.1, -0.05) is 28.1 Å². The molecule has 0 N–H and O–H groups in total. The Morgan fingerprint density at radius 1 is 1.18 bits per heavy atom. The van der Waals surface area contributed by atoms with Gasteiger partial charge in [0.25, 0.3) is 0 Å². The van der Waals surface area contributed by atoms with E-state index in [4.69, 9.17) is 10.00 Å². The molecule has 2 aromatic carbocycles. The second kappa shape index (κ2) is 8.87. The molecule has 2 aromatic rings. The van der Waals surface area contributed by atoms with Gasteiger partial charge in [0.15, 0.2) is 0 Å². The van der Waals surface area contributed by atoms with Crippen molar-refractivity contribution in [2.75, 3.05) is 29.9 Å². The Labute approximate surface area is 170 Å². The summed E-state index contributed by atoms with van der Waals surface area (Å²) < 4.78 is 45.3. The van der Waals surface area contributed by atoms with E-state index in [1.54, 1.807) is 12.1 Å². The van der Waals surface area contributed by atoms with Gasteiger partial charge < -0.3 is 9.64 Å². The van der Waals surface area contributed by atoms with Gasteiger partial charge in [-0.05, 0) is 48.7 Å². The summed E-state index contributed by atoms with van der Waals surface area (Å²) in [5.74, 6) is 1.07. The van der Waals surface area contributed by atoms with Gasteiger partial charge in [-0.3, -0.25) is 0 Å². The predicted molar refractivity (Wildman–Crippen MR) is 106 cm³/mol. The second-order valence-corrected chi connectivity index (χ2v) is 7.52. The number of nitriles is 1. The first-order chi connectivity index (χ1) is 13.4. The van der Waals surface area contributed by atoms with Gasteiger partial charge in [0.1, 0.15) is 5.75 Å². The molecule has 1 atom stereocenters. The first-order valence-corrected chi connectivity index (χ1v) is 10.2. The summed E-state index contributed by atoms with van der Waals surface area (Å²) in [6, 6.07) is 13.5. The number of hydrogen-bond acceptors (Lipinski definition) is 3. The Hall–Kier alpha value is -2.20. The van der Waals surface area contributed by atoms with E-state index in [0.29, 0.717) is 25.4 Å². The van der Waals surface area contributed by atoms with Crippen molar-refractivity contribution >= 4 is 21.6 Å². The number of nitrogens with zero attached hydrogens (tertiary/aromatic N) is 2.